The van der Waals surface area contributed by atoms with Crippen molar-refractivity contribution < 1.29 is 0 Å². The highest BCUT2D eigenvalue weighted by molar-refractivity contribution is 8.04. The molecule has 3 unspecified atom stereocenters. The van der Waals surface area contributed by atoms with E-state index in [1.807, 2.05) is 29.2 Å². The van der Waals surface area contributed by atoms with Crippen LogP contribution in [0.3, 0.4) is 0 Å². The van der Waals surface area contributed by atoms with Crippen LogP contribution in [0.15, 0.2) is 339 Å². The molecule has 490 valence electrons. The van der Waals surface area contributed by atoms with Crippen LogP contribution < -0.4 is 0 Å². The summed E-state index contributed by atoms with van der Waals surface area (Å²) >= 11 is 7.34. The fourth-order valence-corrected chi connectivity index (χ4v) is 19.5. The van der Waals surface area contributed by atoms with Gasteiger partial charge in [0.25, 0.3) is 0 Å². The minimum Gasteiger partial charge on any atom is -0.236 e. The second-order valence-corrected chi connectivity index (χ2v) is 31.2. The lowest BCUT2D eigenvalue weighted by atomic mass is 9.79. The number of fused-ring (bicyclic) bond motifs is 8. The molecule has 0 spiro atoms. The molecular formula is C94H60N6S4. The zero-order chi connectivity index (χ0) is 68.6. The van der Waals surface area contributed by atoms with Gasteiger partial charge in [0.05, 0.1) is 43.2 Å². The number of aromatic nitrogens is 6. The monoisotopic (exact) mass is 1400 g/mol. The van der Waals surface area contributed by atoms with Crippen LogP contribution in [-0.4, -0.2) is 35.2 Å². The van der Waals surface area contributed by atoms with Gasteiger partial charge in [0.15, 0.2) is 11.6 Å². The van der Waals surface area contributed by atoms with E-state index in [2.05, 4.69) is 328 Å². The maximum Gasteiger partial charge on any atom is 0.160 e. The first-order chi connectivity index (χ1) is 51.4. The summed E-state index contributed by atoms with van der Waals surface area (Å²) < 4.78 is 4.97. The first kappa shape index (κ1) is 61.9. The summed E-state index contributed by atoms with van der Waals surface area (Å²) in [5.41, 5.74) is 25.7. The van der Waals surface area contributed by atoms with Crippen molar-refractivity contribution in [2.24, 2.45) is 11.8 Å². The molecule has 12 aromatic carbocycles. The second-order valence-electron chi connectivity index (χ2n) is 26.8. The predicted octanol–water partition coefficient (Wildman–Crippen LogP) is 25.9. The standard InChI is InChI=1S/C94H60N6S4/c1-3-11-57(12-4-1)59-23-35-67(36-24-59)91-95-81(63-27-19-61(20-28-63)71-46-50-86-78(51-71)75-15-7-9-17-85(75)101-86)55-84(98-91)66-33-41-70(42-34-66)94-100-80-49-45-74(54-90(80)104-94)73-44-48-77-76-47-43-72(52-88(76)102-89(77)53-73)62-21-29-64(30-22-62)82-56-83(65-31-39-69(40-32-65)93-99-79-16-8-10-18-87(79)103-93)97-92(96-82)68-37-25-60(26-38-68)58-13-5-2-6-14-58/h1-46,48-56,76-77,89H,47H2. The molecule has 1 fully saturated rings. The van der Waals surface area contributed by atoms with Crippen LogP contribution in [0.5, 0.6) is 0 Å². The first-order valence-electron chi connectivity index (χ1n) is 35.1. The normalized spacial score (nSPS) is 15.5. The summed E-state index contributed by atoms with van der Waals surface area (Å²) in [5, 5.41) is 4.95. The van der Waals surface area contributed by atoms with Gasteiger partial charge in [0, 0.05) is 81.8 Å². The Morgan fingerprint density at radius 2 is 0.721 bits per heavy atom. The van der Waals surface area contributed by atoms with Gasteiger partial charge in [0.2, 0.25) is 0 Å². The Morgan fingerprint density at radius 1 is 0.288 bits per heavy atom. The summed E-state index contributed by atoms with van der Waals surface area (Å²) in [4.78, 5) is 32.6. The van der Waals surface area contributed by atoms with Crippen LogP contribution in [0.2, 0.25) is 0 Å². The van der Waals surface area contributed by atoms with Crippen LogP contribution in [0.25, 0.3) is 174 Å². The van der Waals surface area contributed by atoms with Gasteiger partial charge in [-0.05, 0) is 128 Å². The lowest BCUT2D eigenvalue weighted by Gasteiger charge is -2.24. The van der Waals surface area contributed by atoms with Crippen molar-refractivity contribution in [1.82, 2.24) is 29.9 Å². The number of allylic oxidation sites excluding steroid dienone is 7. The third-order valence-electron chi connectivity index (χ3n) is 20.4. The highest BCUT2D eigenvalue weighted by atomic mass is 32.2. The summed E-state index contributed by atoms with van der Waals surface area (Å²) in [7, 11) is 0. The Morgan fingerprint density at radius 3 is 1.29 bits per heavy atom. The number of hydrogen-bond acceptors (Lipinski definition) is 10. The Hall–Kier alpha value is -11.9. The molecule has 6 nitrogen and oxygen atoms in total. The van der Waals surface area contributed by atoms with Gasteiger partial charge < -0.3 is 0 Å². The molecular weight excluding hydrogens is 1340 g/mol. The maximum absolute atomic E-state index is 5.26. The quantitative estimate of drug-likeness (QED) is 0.114. The highest BCUT2D eigenvalue weighted by Crippen LogP contribution is 2.54. The van der Waals surface area contributed by atoms with Crippen molar-refractivity contribution >= 4 is 97.5 Å². The Labute approximate surface area is 618 Å². The van der Waals surface area contributed by atoms with Crippen LogP contribution in [0, 0.1) is 11.8 Å². The summed E-state index contributed by atoms with van der Waals surface area (Å²) in [5.74, 6) is 2.27. The molecule has 1 aliphatic heterocycles. The third kappa shape index (κ3) is 11.8. The van der Waals surface area contributed by atoms with Crippen molar-refractivity contribution in [3.05, 3.63) is 350 Å². The topological polar surface area (TPSA) is 77.3 Å². The predicted molar refractivity (Wildman–Crippen MR) is 439 cm³/mol. The Bertz CT molecular complexity index is 6280. The van der Waals surface area contributed by atoms with E-state index in [0.29, 0.717) is 28.7 Å². The van der Waals surface area contributed by atoms with Crippen LogP contribution >= 0.6 is 45.8 Å². The molecule has 10 heteroatoms. The molecule has 1 saturated heterocycles. The first-order valence-corrected chi connectivity index (χ1v) is 38.4. The molecule has 2 aliphatic carbocycles. The van der Waals surface area contributed by atoms with Gasteiger partial charge in [-0.25, -0.2) is 29.9 Å². The van der Waals surface area contributed by atoms with Crippen LogP contribution in [0.1, 0.15) is 17.5 Å². The minimum atomic E-state index is 0.356. The maximum atomic E-state index is 5.26. The lowest BCUT2D eigenvalue weighted by molar-refractivity contribution is 0.501. The van der Waals surface area contributed by atoms with E-state index in [9.17, 15) is 0 Å². The SMILES string of the molecule is C1=CC2C(C=C1c1ccc3nc(-c4ccc(-c5cc(-c6ccc(-c7ccc8sc9ccccc9c8c7)cc6)nc(-c6ccc(-c7ccccc7)cc6)n5)cc4)sc3c1)SC1=CC(c3ccc(-c4cc(-c5ccc(-c6nc7ccccc7s6)cc5)nc(-c5ccc(-c6ccccc6)cc5)n4)cc3)=CCC12. The number of para-hydroxylation sites is 1. The number of hydrogen-bond donors (Lipinski definition) is 0. The molecule has 0 N–H and O–H groups in total. The second kappa shape index (κ2) is 26.2. The van der Waals surface area contributed by atoms with Crippen molar-refractivity contribution in [1.29, 1.82) is 0 Å². The van der Waals surface area contributed by atoms with E-state index in [-0.39, 0.29) is 0 Å². The molecule has 0 radical (unpaired) electrons. The van der Waals surface area contributed by atoms with Crippen LogP contribution in [0.4, 0.5) is 0 Å². The number of thiophene rings is 1. The molecule has 3 atom stereocenters. The average molecular weight is 1400 g/mol. The molecule has 0 amide bonds. The molecule has 0 saturated carbocycles. The minimum absolute atomic E-state index is 0.356. The zero-order valence-electron chi connectivity index (χ0n) is 56.0. The summed E-state index contributed by atoms with van der Waals surface area (Å²) in [6, 6.07) is 108. The van der Waals surface area contributed by atoms with Crippen molar-refractivity contribution in [3.8, 4) is 122 Å². The fourth-order valence-electron chi connectivity index (χ4n) is 14.8. The van der Waals surface area contributed by atoms with E-state index in [0.717, 1.165) is 106 Å². The van der Waals surface area contributed by atoms with E-state index >= 15 is 0 Å². The van der Waals surface area contributed by atoms with Gasteiger partial charge >= 0.3 is 0 Å². The van der Waals surface area contributed by atoms with Crippen molar-refractivity contribution in [3.63, 3.8) is 0 Å². The highest BCUT2D eigenvalue weighted by Gasteiger charge is 2.40. The number of benzene rings is 12. The van der Waals surface area contributed by atoms with E-state index < -0.39 is 0 Å². The van der Waals surface area contributed by atoms with E-state index in [1.165, 1.54) is 79.0 Å². The van der Waals surface area contributed by atoms with Crippen molar-refractivity contribution in [2.75, 3.05) is 0 Å². The number of thioether (sulfide) groups is 1. The number of thiazole rings is 2. The van der Waals surface area contributed by atoms with E-state index in [4.69, 9.17) is 29.9 Å². The Balaban J connectivity index is 0.539. The van der Waals surface area contributed by atoms with E-state index in [1.54, 1.807) is 22.7 Å². The summed E-state index contributed by atoms with van der Waals surface area (Å²) in [6.45, 7) is 0. The molecule has 6 heterocycles. The largest absolute Gasteiger partial charge is 0.236 e. The molecule has 104 heavy (non-hydrogen) atoms. The average Bonchev–Trinajstić information content (AvgIpc) is 1.65. The van der Waals surface area contributed by atoms with Gasteiger partial charge in [-0.2, -0.15) is 0 Å². The molecule has 17 aromatic rings. The third-order valence-corrected chi connectivity index (χ3v) is 25.2. The van der Waals surface area contributed by atoms with Gasteiger partial charge in [-0.3, -0.25) is 0 Å². The van der Waals surface area contributed by atoms with Gasteiger partial charge in [0.1, 0.15) is 10.0 Å². The molecule has 0 bridgehead atoms. The van der Waals surface area contributed by atoms with Gasteiger partial charge in [-0.1, -0.05) is 273 Å². The smallest absolute Gasteiger partial charge is 0.160 e. The number of rotatable bonds is 13. The fraction of sp³-hybridized carbons (Fsp3) is 0.0426. The zero-order valence-corrected chi connectivity index (χ0v) is 59.3. The molecule has 5 aromatic heterocycles. The van der Waals surface area contributed by atoms with Gasteiger partial charge in [-0.15, -0.1) is 45.8 Å². The molecule has 20 rings (SSSR count). The molecule has 3 aliphatic rings. The lowest BCUT2D eigenvalue weighted by Crippen LogP contribution is -2.18. The number of nitrogens with zero attached hydrogens (tertiary/aromatic N) is 6. The van der Waals surface area contributed by atoms with Crippen molar-refractivity contribution in [2.45, 2.75) is 11.7 Å². The summed E-state index contributed by atoms with van der Waals surface area (Å²) in [6.07, 6.45) is 13.3. The van der Waals surface area contributed by atoms with Crippen LogP contribution in [-0.2, 0) is 0 Å². The Kier molecular flexibility index (Phi) is 15.6.